The first-order valence-corrected chi connectivity index (χ1v) is 8.96. The molecule has 0 aliphatic rings. The molecule has 1 amide bonds. The Hall–Kier alpha value is -3.19. The van der Waals surface area contributed by atoms with Gasteiger partial charge in [0.1, 0.15) is 5.75 Å². The average molecular weight is 424 g/mol. The number of fused-ring (bicyclic) bond motifs is 2. The highest BCUT2D eigenvalue weighted by Crippen LogP contribution is 2.36. The SMILES string of the molecule is O=C(COc1ccc2ccccc2c1)N=Nc1c(O)[nH]c2ccc(Br)cc12. The smallest absolute Gasteiger partial charge is 0.302 e. The van der Waals surface area contributed by atoms with Crippen LogP contribution in [0.25, 0.3) is 21.7 Å². The third-order valence-electron chi connectivity index (χ3n) is 4.06. The van der Waals surface area contributed by atoms with Crippen LogP contribution in [0.15, 0.2) is 75.4 Å². The number of ether oxygens (including phenoxy) is 1. The second-order valence-electron chi connectivity index (χ2n) is 5.90. The molecular formula is C20H14BrN3O3. The zero-order valence-corrected chi connectivity index (χ0v) is 15.6. The van der Waals surface area contributed by atoms with Crippen molar-refractivity contribution in [2.24, 2.45) is 10.2 Å². The first kappa shape index (κ1) is 17.2. The maximum Gasteiger partial charge on any atom is 0.302 e. The molecule has 7 heteroatoms. The van der Waals surface area contributed by atoms with E-state index in [2.05, 4.69) is 31.1 Å². The number of H-pyrrole nitrogens is 1. The van der Waals surface area contributed by atoms with Crippen molar-refractivity contribution >= 4 is 49.2 Å². The fourth-order valence-corrected chi connectivity index (χ4v) is 3.13. The van der Waals surface area contributed by atoms with Crippen LogP contribution >= 0.6 is 15.9 Å². The van der Waals surface area contributed by atoms with Crippen LogP contribution in [-0.2, 0) is 4.79 Å². The number of aromatic nitrogens is 1. The van der Waals surface area contributed by atoms with Gasteiger partial charge in [0, 0.05) is 9.86 Å². The van der Waals surface area contributed by atoms with E-state index in [0.717, 1.165) is 15.2 Å². The molecule has 3 aromatic carbocycles. The van der Waals surface area contributed by atoms with Gasteiger partial charge in [-0.15, -0.1) is 10.2 Å². The minimum Gasteiger partial charge on any atom is -0.493 e. The molecule has 2 N–H and O–H groups in total. The van der Waals surface area contributed by atoms with E-state index in [0.29, 0.717) is 16.7 Å². The van der Waals surface area contributed by atoms with Crippen molar-refractivity contribution in [3.8, 4) is 11.6 Å². The van der Waals surface area contributed by atoms with Gasteiger partial charge >= 0.3 is 5.91 Å². The number of aromatic amines is 1. The summed E-state index contributed by atoms with van der Waals surface area (Å²) in [4.78, 5) is 14.8. The number of nitrogens with one attached hydrogen (secondary N) is 1. The van der Waals surface area contributed by atoms with Crippen molar-refractivity contribution in [1.29, 1.82) is 0 Å². The Morgan fingerprint density at radius 3 is 2.74 bits per heavy atom. The normalized spacial score (nSPS) is 11.4. The van der Waals surface area contributed by atoms with Gasteiger partial charge in [-0.1, -0.05) is 46.3 Å². The largest absolute Gasteiger partial charge is 0.493 e. The Labute approximate surface area is 162 Å². The lowest BCUT2D eigenvalue weighted by Crippen LogP contribution is -2.07. The number of carbonyl (C=O) groups excluding carboxylic acids is 1. The number of nitrogens with zero attached hydrogens (tertiary/aromatic N) is 2. The lowest BCUT2D eigenvalue weighted by Gasteiger charge is -2.04. The number of hydrogen-bond acceptors (Lipinski definition) is 4. The van der Waals surface area contributed by atoms with Crippen molar-refractivity contribution in [2.75, 3.05) is 6.61 Å². The second kappa shape index (κ2) is 7.20. The van der Waals surface area contributed by atoms with E-state index in [1.54, 1.807) is 18.2 Å². The van der Waals surface area contributed by atoms with Gasteiger partial charge < -0.3 is 14.8 Å². The second-order valence-corrected chi connectivity index (χ2v) is 6.82. The predicted molar refractivity (Wildman–Crippen MR) is 107 cm³/mol. The molecule has 1 heterocycles. The van der Waals surface area contributed by atoms with Gasteiger partial charge in [0.15, 0.2) is 12.3 Å². The Balaban J connectivity index is 1.47. The summed E-state index contributed by atoms with van der Waals surface area (Å²) >= 11 is 3.37. The van der Waals surface area contributed by atoms with Gasteiger partial charge in [-0.25, -0.2) is 0 Å². The number of hydrogen-bond donors (Lipinski definition) is 2. The summed E-state index contributed by atoms with van der Waals surface area (Å²) < 4.78 is 6.33. The number of amides is 1. The predicted octanol–water partition coefficient (Wildman–Crippen LogP) is 5.48. The quantitative estimate of drug-likeness (QED) is 0.426. The van der Waals surface area contributed by atoms with Gasteiger partial charge in [0.25, 0.3) is 0 Å². The first-order chi connectivity index (χ1) is 13.1. The Bertz CT molecular complexity index is 1180. The van der Waals surface area contributed by atoms with Crippen LogP contribution in [0.4, 0.5) is 5.69 Å². The summed E-state index contributed by atoms with van der Waals surface area (Å²) in [5.41, 5.74) is 0.912. The number of azo groups is 1. The monoisotopic (exact) mass is 423 g/mol. The van der Waals surface area contributed by atoms with Gasteiger partial charge in [-0.3, -0.25) is 4.79 Å². The van der Waals surface area contributed by atoms with Crippen LogP contribution in [0, 0.1) is 0 Å². The van der Waals surface area contributed by atoms with E-state index < -0.39 is 5.91 Å². The molecule has 0 aliphatic carbocycles. The summed E-state index contributed by atoms with van der Waals surface area (Å²) in [6.07, 6.45) is 0. The van der Waals surface area contributed by atoms with Gasteiger partial charge in [0.2, 0.25) is 5.88 Å². The summed E-state index contributed by atoms with van der Waals surface area (Å²) in [6, 6.07) is 18.9. The topological polar surface area (TPSA) is 87.0 Å². The molecule has 0 saturated carbocycles. The molecule has 6 nitrogen and oxygen atoms in total. The van der Waals surface area contributed by atoms with Crippen molar-refractivity contribution in [1.82, 2.24) is 4.98 Å². The van der Waals surface area contributed by atoms with Crippen LogP contribution in [0.1, 0.15) is 0 Å². The molecule has 134 valence electrons. The molecule has 0 bridgehead atoms. The Kier molecular flexibility index (Phi) is 4.60. The van der Waals surface area contributed by atoms with Crippen molar-refractivity contribution in [3.05, 3.63) is 65.1 Å². The van der Waals surface area contributed by atoms with Gasteiger partial charge in [-0.05, 0) is 41.1 Å². The van der Waals surface area contributed by atoms with E-state index in [4.69, 9.17) is 4.74 Å². The summed E-state index contributed by atoms with van der Waals surface area (Å²) in [5, 5.41) is 20.3. The first-order valence-electron chi connectivity index (χ1n) is 8.16. The molecule has 0 spiro atoms. The van der Waals surface area contributed by atoms with Crippen molar-refractivity contribution in [2.45, 2.75) is 0 Å². The maximum absolute atomic E-state index is 12.0. The maximum atomic E-state index is 12.0. The molecule has 0 radical (unpaired) electrons. The van der Waals surface area contributed by atoms with E-state index in [-0.39, 0.29) is 18.2 Å². The highest BCUT2D eigenvalue weighted by atomic mass is 79.9. The van der Waals surface area contributed by atoms with Crippen LogP contribution in [-0.4, -0.2) is 22.6 Å². The number of aromatic hydroxyl groups is 1. The van der Waals surface area contributed by atoms with E-state index in [1.165, 1.54) is 0 Å². The molecule has 0 atom stereocenters. The molecular weight excluding hydrogens is 410 g/mol. The molecule has 0 saturated heterocycles. The van der Waals surface area contributed by atoms with Crippen LogP contribution in [0.5, 0.6) is 11.6 Å². The Morgan fingerprint density at radius 1 is 1.07 bits per heavy atom. The third kappa shape index (κ3) is 3.68. The fourth-order valence-electron chi connectivity index (χ4n) is 2.77. The number of benzene rings is 3. The third-order valence-corrected chi connectivity index (χ3v) is 4.55. The van der Waals surface area contributed by atoms with Crippen molar-refractivity contribution < 1.29 is 14.6 Å². The zero-order chi connectivity index (χ0) is 18.8. The summed E-state index contributed by atoms with van der Waals surface area (Å²) in [7, 11) is 0. The molecule has 1 aromatic heterocycles. The lowest BCUT2D eigenvalue weighted by molar-refractivity contribution is -0.120. The minimum atomic E-state index is -0.549. The van der Waals surface area contributed by atoms with Crippen LogP contribution in [0.2, 0.25) is 0 Å². The van der Waals surface area contributed by atoms with Gasteiger partial charge in [0.05, 0.1) is 5.52 Å². The molecule has 4 rings (SSSR count). The summed E-state index contributed by atoms with van der Waals surface area (Å²) in [6.45, 7) is -0.241. The molecule has 0 unspecified atom stereocenters. The van der Waals surface area contributed by atoms with Crippen molar-refractivity contribution in [3.63, 3.8) is 0 Å². The number of rotatable bonds is 4. The highest BCUT2D eigenvalue weighted by Gasteiger charge is 2.11. The lowest BCUT2D eigenvalue weighted by atomic mass is 10.1. The van der Waals surface area contributed by atoms with Gasteiger partial charge in [-0.2, -0.15) is 0 Å². The van der Waals surface area contributed by atoms with Crippen LogP contribution < -0.4 is 4.74 Å². The standard InChI is InChI=1S/C20H14BrN3O3/c21-14-6-8-17-16(10-14)19(20(26)22-17)24-23-18(25)11-27-15-7-5-12-3-1-2-4-13(12)9-15/h1-10,22,26H,11H2. The Morgan fingerprint density at radius 2 is 1.89 bits per heavy atom. The van der Waals surface area contributed by atoms with E-state index >= 15 is 0 Å². The molecule has 0 aliphatic heterocycles. The number of carbonyl (C=O) groups is 1. The van der Waals surface area contributed by atoms with E-state index in [1.807, 2.05) is 42.5 Å². The molecule has 0 fully saturated rings. The summed E-state index contributed by atoms with van der Waals surface area (Å²) in [5.74, 6) is -0.113. The minimum absolute atomic E-state index is 0.143. The van der Waals surface area contributed by atoms with E-state index in [9.17, 15) is 9.90 Å². The fraction of sp³-hybridized carbons (Fsp3) is 0.0500. The molecule has 27 heavy (non-hydrogen) atoms. The average Bonchev–Trinajstić information content (AvgIpc) is 2.99. The zero-order valence-electron chi connectivity index (χ0n) is 14.0. The molecule has 4 aromatic rings. The number of halogens is 1. The van der Waals surface area contributed by atoms with Crippen LogP contribution in [0.3, 0.4) is 0 Å². The highest BCUT2D eigenvalue weighted by molar-refractivity contribution is 9.10.